The molecular weight excluding hydrogens is 390 g/mol. The number of benzene rings is 3. The van der Waals surface area contributed by atoms with E-state index in [-0.39, 0.29) is 23.7 Å². The van der Waals surface area contributed by atoms with Crippen LogP contribution < -0.4 is 15.5 Å². The van der Waals surface area contributed by atoms with E-state index in [0.29, 0.717) is 28.0 Å². The summed E-state index contributed by atoms with van der Waals surface area (Å²) in [6, 6.07) is 22.3. The topological polar surface area (TPSA) is 68.5 Å². The number of carbonyl (C=O) groups is 1. The Kier molecular flexibility index (Phi) is 5.85. The Morgan fingerprint density at radius 1 is 1.00 bits per heavy atom. The second-order valence-electron chi connectivity index (χ2n) is 7.34. The van der Waals surface area contributed by atoms with E-state index in [9.17, 15) is 9.59 Å². The Balaban J connectivity index is 1.68. The molecule has 0 fully saturated rings. The van der Waals surface area contributed by atoms with E-state index in [1.165, 1.54) is 0 Å². The fourth-order valence-corrected chi connectivity index (χ4v) is 3.33. The van der Waals surface area contributed by atoms with Crippen molar-refractivity contribution in [3.63, 3.8) is 0 Å². The van der Waals surface area contributed by atoms with Gasteiger partial charge in [0.2, 0.25) is 11.2 Å². The molecular formula is C26H23NO4. The van der Waals surface area contributed by atoms with Crippen LogP contribution >= 0.6 is 0 Å². The lowest BCUT2D eigenvalue weighted by molar-refractivity contribution is -0.118. The molecule has 0 bridgehead atoms. The SMILES string of the molecule is CCc1ccc2oc(-c3ccccc3)c(OCC(=O)Nc3ccc(C)cc3)c(=O)c2c1. The van der Waals surface area contributed by atoms with E-state index >= 15 is 0 Å². The first kappa shape index (κ1) is 20.4. The predicted octanol–water partition coefficient (Wildman–Crippen LogP) is 5.35. The molecule has 1 aromatic heterocycles. The molecule has 0 saturated carbocycles. The number of hydrogen-bond acceptors (Lipinski definition) is 4. The molecule has 0 radical (unpaired) electrons. The summed E-state index contributed by atoms with van der Waals surface area (Å²) < 4.78 is 11.8. The van der Waals surface area contributed by atoms with Gasteiger partial charge >= 0.3 is 0 Å². The van der Waals surface area contributed by atoms with E-state index < -0.39 is 0 Å². The highest BCUT2D eigenvalue weighted by atomic mass is 16.5. The quantitative estimate of drug-likeness (QED) is 0.463. The fourth-order valence-electron chi connectivity index (χ4n) is 3.33. The van der Waals surface area contributed by atoms with Gasteiger partial charge in [-0.05, 0) is 43.2 Å². The van der Waals surface area contributed by atoms with Gasteiger partial charge in [-0.25, -0.2) is 0 Å². The van der Waals surface area contributed by atoms with Gasteiger partial charge in [0.15, 0.2) is 12.4 Å². The highest BCUT2D eigenvalue weighted by Gasteiger charge is 2.19. The molecule has 0 aliphatic heterocycles. The third-order valence-electron chi connectivity index (χ3n) is 5.04. The minimum atomic E-state index is -0.357. The first-order valence-electron chi connectivity index (χ1n) is 10.2. The smallest absolute Gasteiger partial charge is 0.262 e. The fraction of sp³-hybridized carbons (Fsp3) is 0.154. The minimum absolute atomic E-state index is 0.0333. The van der Waals surface area contributed by atoms with Crippen molar-refractivity contribution in [3.05, 3.63) is 94.1 Å². The van der Waals surface area contributed by atoms with Gasteiger partial charge in [-0.3, -0.25) is 9.59 Å². The highest BCUT2D eigenvalue weighted by Crippen LogP contribution is 2.31. The van der Waals surface area contributed by atoms with Crippen LogP contribution in [0.2, 0.25) is 0 Å². The summed E-state index contributed by atoms with van der Waals surface area (Å²) in [5.41, 5.74) is 3.68. The molecule has 0 saturated heterocycles. The van der Waals surface area contributed by atoms with Gasteiger partial charge in [0.25, 0.3) is 5.91 Å². The number of fused-ring (bicyclic) bond motifs is 1. The van der Waals surface area contributed by atoms with Crippen LogP contribution in [0.1, 0.15) is 18.1 Å². The van der Waals surface area contributed by atoms with E-state index in [2.05, 4.69) is 5.32 Å². The molecule has 3 aromatic carbocycles. The van der Waals surface area contributed by atoms with Gasteiger partial charge in [0.05, 0.1) is 5.39 Å². The summed E-state index contributed by atoms with van der Waals surface area (Å²) in [4.78, 5) is 25.7. The maximum Gasteiger partial charge on any atom is 0.262 e. The maximum atomic E-state index is 13.3. The summed E-state index contributed by atoms with van der Waals surface area (Å²) in [6.45, 7) is 3.69. The van der Waals surface area contributed by atoms with Crippen LogP contribution in [0.15, 0.2) is 82.0 Å². The zero-order chi connectivity index (χ0) is 21.8. The van der Waals surface area contributed by atoms with Gasteiger partial charge < -0.3 is 14.5 Å². The summed E-state index contributed by atoms with van der Waals surface area (Å²) in [6.07, 6.45) is 0.797. The first-order valence-corrected chi connectivity index (χ1v) is 10.2. The van der Waals surface area contributed by atoms with Crippen LogP contribution in [0, 0.1) is 6.92 Å². The maximum absolute atomic E-state index is 13.3. The van der Waals surface area contributed by atoms with Gasteiger partial charge in [-0.2, -0.15) is 0 Å². The number of rotatable bonds is 6. The molecule has 156 valence electrons. The van der Waals surface area contributed by atoms with Crippen LogP contribution in [0.3, 0.4) is 0 Å². The number of anilines is 1. The van der Waals surface area contributed by atoms with Crippen molar-refractivity contribution in [1.82, 2.24) is 0 Å². The lowest BCUT2D eigenvalue weighted by atomic mass is 10.1. The molecule has 1 amide bonds. The monoisotopic (exact) mass is 413 g/mol. The standard InChI is InChI=1S/C26H23NO4/c1-3-18-11-14-22-21(15-18)24(29)26(25(31-22)19-7-5-4-6-8-19)30-16-23(28)27-20-12-9-17(2)10-13-20/h4-15H,3,16H2,1-2H3,(H,27,28). The van der Waals surface area contributed by atoms with Gasteiger partial charge in [0.1, 0.15) is 5.58 Å². The van der Waals surface area contributed by atoms with E-state index in [1.807, 2.05) is 80.6 Å². The molecule has 0 atom stereocenters. The van der Waals surface area contributed by atoms with E-state index in [1.54, 1.807) is 6.07 Å². The summed E-state index contributed by atoms with van der Waals surface area (Å²) >= 11 is 0. The van der Waals surface area contributed by atoms with Gasteiger partial charge in [-0.15, -0.1) is 0 Å². The molecule has 1 N–H and O–H groups in total. The van der Waals surface area contributed by atoms with Gasteiger partial charge in [0, 0.05) is 11.3 Å². The van der Waals surface area contributed by atoms with Crippen LogP contribution in [-0.4, -0.2) is 12.5 Å². The number of carbonyl (C=O) groups excluding carboxylic acids is 1. The average Bonchev–Trinajstić information content (AvgIpc) is 2.80. The van der Waals surface area contributed by atoms with Crippen molar-refractivity contribution in [2.45, 2.75) is 20.3 Å². The zero-order valence-electron chi connectivity index (χ0n) is 17.5. The van der Waals surface area contributed by atoms with Crippen molar-refractivity contribution < 1.29 is 13.9 Å². The lowest BCUT2D eigenvalue weighted by Crippen LogP contribution is -2.22. The van der Waals surface area contributed by atoms with Crippen LogP contribution in [0.25, 0.3) is 22.3 Å². The summed E-state index contributed by atoms with van der Waals surface area (Å²) in [7, 11) is 0. The third-order valence-corrected chi connectivity index (χ3v) is 5.04. The Labute approximate surface area is 180 Å². The number of ether oxygens (including phenoxy) is 1. The summed E-state index contributed by atoms with van der Waals surface area (Å²) in [5, 5.41) is 3.21. The molecule has 5 nitrogen and oxygen atoms in total. The lowest BCUT2D eigenvalue weighted by Gasteiger charge is -2.12. The molecule has 4 rings (SSSR count). The van der Waals surface area contributed by atoms with Crippen LogP contribution in [0.5, 0.6) is 5.75 Å². The zero-order valence-corrected chi connectivity index (χ0v) is 17.5. The Bertz CT molecular complexity index is 1270. The highest BCUT2D eigenvalue weighted by molar-refractivity contribution is 5.92. The average molecular weight is 413 g/mol. The van der Waals surface area contributed by atoms with Crippen molar-refractivity contribution in [2.24, 2.45) is 0 Å². The van der Waals surface area contributed by atoms with Crippen molar-refractivity contribution in [3.8, 4) is 17.1 Å². The second kappa shape index (κ2) is 8.88. The molecule has 0 aliphatic rings. The Morgan fingerprint density at radius 2 is 1.74 bits per heavy atom. The molecule has 0 spiro atoms. The van der Waals surface area contributed by atoms with Crippen molar-refractivity contribution in [1.29, 1.82) is 0 Å². The molecule has 0 aliphatic carbocycles. The van der Waals surface area contributed by atoms with Crippen LogP contribution in [0.4, 0.5) is 5.69 Å². The minimum Gasteiger partial charge on any atom is -0.476 e. The first-order chi connectivity index (χ1) is 15.0. The van der Waals surface area contributed by atoms with Crippen LogP contribution in [-0.2, 0) is 11.2 Å². The van der Waals surface area contributed by atoms with E-state index in [0.717, 1.165) is 17.5 Å². The van der Waals surface area contributed by atoms with Crippen molar-refractivity contribution >= 4 is 22.6 Å². The molecule has 1 heterocycles. The predicted molar refractivity (Wildman–Crippen MR) is 123 cm³/mol. The Morgan fingerprint density at radius 3 is 2.45 bits per heavy atom. The van der Waals surface area contributed by atoms with E-state index in [4.69, 9.17) is 9.15 Å². The largest absolute Gasteiger partial charge is 0.476 e. The molecule has 0 unspecified atom stereocenters. The number of aryl methyl sites for hydroxylation is 2. The molecule has 5 heteroatoms. The van der Waals surface area contributed by atoms with Crippen molar-refractivity contribution in [2.75, 3.05) is 11.9 Å². The number of nitrogens with one attached hydrogen (secondary N) is 1. The molecule has 31 heavy (non-hydrogen) atoms. The number of amides is 1. The number of hydrogen-bond donors (Lipinski definition) is 1. The normalized spacial score (nSPS) is 10.8. The summed E-state index contributed by atoms with van der Waals surface area (Å²) in [5.74, 6) is -0.0128. The third kappa shape index (κ3) is 4.51. The second-order valence-corrected chi connectivity index (χ2v) is 7.34. The van der Waals surface area contributed by atoms with Gasteiger partial charge in [-0.1, -0.05) is 61.0 Å². The molecule has 4 aromatic rings. The Hall–Kier alpha value is -3.86.